The number of hydrogen-bond acceptors (Lipinski definition) is 3. The van der Waals surface area contributed by atoms with Crippen LogP contribution in [0.4, 0.5) is 0 Å². The Bertz CT molecular complexity index is 933. The molecule has 0 aliphatic carbocycles. The number of aromatic nitrogens is 2. The third-order valence-electron chi connectivity index (χ3n) is 4.54. The highest BCUT2D eigenvalue weighted by atomic mass is 16.2. The quantitative estimate of drug-likeness (QED) is 0.650. The third-order valence-corrected chi connectivity index (χ3v) is 4.54. The van der Waals surface area contributed by atoms with E-state index >= 15 is 0 Å². The van der Waals surface area contributed by atoms with Crippen LogP contribution >= 0.6 is 0 Å². The molecule has 0 fully saturated rings. The summed E-state index contributed by atoms with van der Waals surface area (Å²) in [5.41, 5.74) is 4.20. The minimum absolute atomic E-state index is 0.223. The average molecular weight is 376 g/mol. The molecule has 3 aromatic rings. The molecule has 1 aromatic heterocycles. The van der Waals surface area contributed by atoms with Gasteiger partial charge in [0, 0.05) is 25.4 Å². The molecule has 28 heavy (non-hydrogen) atoms. The topological polar surface area (TPSA) is 76.0 Å². The van der Waals surface area contributed by atoms with Gasteiger partial charge in [0.15, 0.2) is 0 Å². The maximum absolute atomic E-state index is 12.0. The molecule has 1 heterocycles. The normalized spacial score (nSPS) is 11.6. The molecule has 0 aliphatic heterocycles. The van der Waals surface area contributed by atoms with Crippen LogP contribution < -0.4 is 10.6 Å². The summed E-state index contributed by atoms with van der Waals surface area (Å²) < 4.78 is 1.77. The van der Waals surface area contributed by atoms with Crippen LogP contribution in [-0.2, 0) is 23.1 Å². The standard InChI is InChI=1S/C22H24N4O2/c1-16(18-6-4-3-5-7-18)25-22(28)21(27)23-13-12-17-8-10-19(11-9-17)20-14-24-26(2)15-20/h3-11,14-16H,12-13H2,1-2H3,(H,23,27)(H,25,28). The lowest BCUT2D eigenvalue weighted by Crippen LogP contribution is -2.41. The maximum Gasteiger partial charge on any atom is 0.309 e. The van der Waals surface area contributed by atoms with Crippen LogP contribution in [0.2, 0.25) is 0 Å². The number of amides is 2. The Morgan fingerprint density at radius 3 is 2.36 bits per heavy atom. The van der Waals surface area contributed by atoms with E-state index in [2.05, 4.69) is 15.7 Å². The zero-order chi connectivity index (χ0) is 19.9. The molecule has 2 N–H and O–H groups in total. The van der Waals surface area contributed by atoms with Crippen LogP contribution in [0.3, 0.4) is 0 Å². The van der Waals surface area contributed by atoms with Crippen molar-refractivity contribution in [2.75, 3.05) is 6.54 Å². The van der Waals surface area contributed by atoms with Crippen molar-refractivity contribution in [2.24, 2.45) is 7.05 Å². The molecule has 6 heteroatoms. The SMILES string of the molecule is CC(NC(=O)C(=O)NCCc1ccc(-c2cnn(C)c2)cc1)c1ccccc1. The Hall–Kier alpha value is -3.41. The van der Waals surface area contributed by atoms with E-state index in [0.717, 1.165) is 22.3 Å². The zero-order valence-electron chi connectivity index (χ0n) is 16.1. The highest BCUT2D eigenvalue weighted by molar-refractivity contribution is 6.35. The van der Waals surface area contributed by atoms with E-state index in [1.807, 2.05) is 81.0 Å². The summed E-state index contributed by atoms with van der Waals surface area (Å²) in [6.45, 7) is 2.25. The van der Waals surface area contributed by atoms with Crippen molar-refractivity contribution in [1.29, 1.82) is 0 Å². The predicted octanol–water partition coefficient (Wildman–Crippen LogP) is 2.62. The highest BCUT2D eigenvalue weighted by Gasteiger charge is 2.16. The number of nitrogens with one attached hydrogen (secondary N) is 2. The first kappa shape index (κ1) is 19.4. The van der Waals surface area contributed by atoms with Gasteiger partial charge in [-0.25, -0.2) is 0 Å². The van der Waals surface area contributed by atoms with E-state index in [-0.39, 0.29) is 6.04 Å². The minimum Gasteiger partial charge on any atom is -0.348 e. The molecular weight excluding hydrogens is 352 g/mol. The van der Waals surface area contributed by atoms with Crippen LogP contribution in [0.5, 0.6) is 0 Å². The second-order valence-electron chi connectivity index (χ2n) is 6.71. The van der Waals surface area contributed by atoms with Gasteiger partial charge in [0.1, 0.15) is 0 Å². The molecule has 0 spiro atoms. The molecule has 1 unspecified atom stereocenters. The molecule has 0 radical (unpaired) electrons. The summed E-state index contributed by atoms with van der Waals surface area (Å²) in [5.74, 6) is -1.24. The fourth-order valence-electron chi connectivity index (χ4n) is 2.92. The minimum atomic E-state index is -0.622. The number of rotatable bonds is 6. The summed E-state index contributed by atoms with van der Waals surface area (Å²) in [6.07, 6.45) is 4.44. The molecule has 2 amide bonds. The third kappa shape index (κ3) is 5.07. The molecule has 0 saturated carbocycles. The van der Waals surface area contributed by atoms with Crippen LogP contribution in [0.15, 0.2) is 67.0 Å². The molecular formula is C22H24N4O2. The monoisotopic (exact) mass is 376 g/mol. The first-order chi connectivity index (χ1) is 13.5. The van der Waals surface area contributed by atoms with Gasteiger partial charge in [-0.3, -0.25) is 14.3 Å². The van der Waals surface area contributed by atoms with Gasteiger partial charge in [-0.1, -0.05) is 54.6 Å². The lowest BCUT2D eigenvalue weighted by atomic mass is 10.1. The zero-order valence-corrected chi connectivity index (χ0v) is 16.1. The molecule has 1 atom stereocenters. The molecule has 2 aromatic carbocycles. The van der Waals surface area contributed by atoms with Crippen molar-refractivity contribution in [3.63, 3.8) is 0 Å². The number of hydrogen-bond donors (Lipinski definition) is 2. The molecule has 6 nitrogen and oxygen atoms in total. The summed E-state index contributed by atoms with van der Waals surface area (Å²) in [5, 5.41) is 9.56. The number of aryl methyl sites for hydroxylation is 1. The Balaban J connectivity index is 1.45. The highest BCUT2D eigenvalue weighted by Crippen LogP contribution is 2.18. The van der Waals surface area contributed by atoms with E-state index in [4.69, 9.17) is 0 Å². The molecule has 0 saturated heterocycles. The van der Waals surface area contributed by atoms with Crippen LogP contribution in [0.1, 0.15) is 24.1 Å². The van der Waals surface area contributed by atoms with Gasteiger partial charge in [-0.15, -0.1) is 0 Å². The first-order valence-electron chi connectivity index (χ1n) is 9.24. The fourth-order valence-corrected chi connectivity index (χ4v) is 2.92. The van der Waals surface area contributed by atoms with E-state index in [1.165, 1.54) is 0 Å². The van der Waals surface area contributed by atoms with Crippen molar-refractivity contribution >= 4 is 11.8 Å². The predicted molar refractivity (Wildman–Crippen MR) is 108 cm³/mol. The number of benzene rings is 2. The Morgan fingerprint density at radius 2 is 1.71 bits per heavy atom. The summed E-state index contributed by atoms with van der Waals surface area (Å²) >= 11 is 0. The van der Waals surface area contributed by atoms with Crippen molar-refractivity contribution in [3.05, 3.63) is 78.1 Å². The number of nitrogens with zero attached hydrogens (tertiary/aromatic N) is 2. The largest absolute Gasteiger partial charge is 0.348 e. The van der Waals surface area contributed by atoms with E-state index < -0.39 is 11.8 Å². The smallest absolute Gasteiger partial charge is 0.309 e. The van der Waals surface area contributed by atoms with Gasteiger partial charge in [-0.2, -0.15) is 5.10 Å². The van der Waals surface area contributed by atoms with Gasteiger partial charge >= 0.3 is 11.8 Å². The lowest BCUT2D eigenvalue weighted by Gasteiger charge is -2.14. The van der Waals surface area contributed by atoms with Crippen LogP contribution in [0.25, 0.3) is 11.1 Å². The van der Waals surface area contributed by atoms with Crippen molar-refractivity contribution < 1.29 is 9.59 Å². The van der Waals surface area contributed by atoms with Gasteiger partial charge < -0.3 is 10.6 Å². The van der Waals surface area contributed by atoms with E-state index in [1.54, 1.807) is 4.68 Å². The lowest BCUT2D eigenvalue weighted by molar-refractivity contribution is -0.139. The molecule has 144 valence electrons. The summed E-state index contributed by atoms with van der Waals surface area (Å²) in [4.78, 5) is 24.1. The fraction of sp³-hybridized carbons (Fsp3) is 0.227. The number of carbonyl (C=O) groups excluding carboxylic acids is 2. The van der Waals surface area contributed by atoms with Crippen molar-refractivity contribution in [1.82, 2.24) is 20.4 Å². The first-order valence-corrected chi connectivity index (χ1v) is 9.24. The van der Waals surface area contributed by atoms with E-state index in [0.29, 0.717) is 13.0 Å². The van der Waals surface area contributed by atoms with Crippen molar-refractivity contribution in [2.45, 2.75) is 19.4 Å². The van der Waals surface area contributed by atoms with Crippen molar-refractivity contribution in [3.8, 4) is 11.1 Å². The Morgan fingerprint density at radius 1 is 1.00 bits per heavy atom. The van der Waals surface area contributed by atoms with Gasteiger partial charge in [0.25, 0.3) is 0 Å². The maximum atomic E-state index is 12.0. The summed E-state index contributed by atoms with van der Waals surface area (Å²) in [6, 6.07) is 17.4. The molecule has 3 rings (SSSR count). The second-order valence-corrected chi connectivity index (χ2v) is 6.71. The van der Waals surface area contributed by atoms with Gasteiger partial charge in [-0.05, 0) is 30.0 Å². The average Bonchev–Trinajstić information content (AvgIpc) is 3.15. The molecule has 0 aliphatic rings. The van der Waals surface area contributed by atoms with Gasteiger partial charge in [0.05, 0.1) is 12.2 Å². The van der Waals surface area contributed by atoms with Gasteiger partial charge in [0.2, 0.25) is 0 Å². The molecule has 0 bridgehead atoms. The Kier molecular flexibility index (Phi) is 6.22. The summed E-state index contributed by atoms with van der Waals surface area (Å²) in [7, 11) is 1.89. The number of carbonyl (C=O) groups is 2. The van der Waals surface area contributed by atoms with Crippen LogP contribution in [0, 0.1) is 0 Å². The van der Waals surface area contributed by atoms with Crippen LogP contribution in [-0.4, -0.2) is 28.1 Å². The Labute approximate surface area is 164 Å². The second kappa shape index (κ2) is 8.99. The van der Waals surface area contributed by atoms with E-state index in [9.17, 15) is 9.59 Å².